The number of benzene rings is 1. The molecule has 0 amide bonds. The lowest BCUT2D eigenvalue weighted by Crippen LogP contribution is -1.71. The highest BCUT2D eigenvalue weighted by Crippen LogP contribution is 2.27. The first-order valence-electron chi connectivity index (χ1n) is 4.11. The van der Waals surface area contributed by atoms with Crippen LogP contribution in [0.3, 0.4) is 0 Å². The maximum absolute atomic E-state index is 5.89. The smallest absolute Gasteiger partial charge is 0.0904 e. The van der Waals surface area contributed by atoms with E-state index in [9.17, 15) is 0 Å². The standard InChI is InChI=1S/C11H7Cl2N/c1-2-3-8-4-7-5-9(12)10(13)6-11(7)14-8/h4-6,14H,1H3. The van der Waals surface area contributed by atoms with Crippen molar-refractivity contribution in [1.29, 1.82) is 0 Å². The van der Waals surface area contributed by atoms with Crippen molar-refractivity contribution < 1.29 is 0 Å². The Morgan fingerprint density at radius 2 is 1.86 bits per heavy atom. The van der Waals surface area contributed by atoms with Gasteiger partial charge in [0.15, 0.2) is 0 Å². The molecule has 2 aromatic rings. The Hall–Kier alpha value is -1.10. The van der Waals surface area contributed by atoms with E-state index in [0.717, 1.165) is 16.6 Å². The highest BCUT2D eigenvalue weighted by atomic mass is 35.5. The fourth-order valence-corrected chi connectivity index (χ4v) is 1.66. The molecular weight excluding hydrogens is 217 g/mol. The molecule has 1 heterocycles. The van der Waals surface area contributed by atoms with Crippen molar-refractivity contribution in [3.63, 3.8) is 0 Å². The van der Waals surface area contributed by atoms with E-state index < -0.39 is 0 Å². The van der Waals surface area contributed by atoms with Gasteiger partial charge in [-0.3, -0.25) is 0 Å². The van der Waals surface area contributed by atoms with Crippen molar-refractivity contribution in [3.05, 3.63) is 33.9 Å². The van der Waals surface area contributed by atoms with Gasteiger partial charge in [-0.1, -0.05) is 29.1 Å². The van der Waals surface area contributed by atoms with Gasteiger partial charge in [-0.2, -0.15) is 0 Å². The summed E-state index contributed by atoms with van der Waals surface area (Å²) in [5.41, 5.74) is 1.83. The summed E-state index contributed by atoms with van der Waals surface area (Å²) in [6.45, 7) is 1.80. The molecule has 0 unspecified atom stereocenters. The van der Waals surface area contributed by atoms with Gasteiger partial charge in [-0.05, 0) is 31.0 Å². The maximum atomic E-state index is 5.89. The van der Waals surface area contributed by atoms with Crippen LogP contribution in [0.1, 0.15) is 12.6 Å². The van der Waals surface area contributed by atoms with Crippen molar-refractivity contribution in [2.75, 3.05) is 0 Å². The Labute approximate surface area is 92.0 Å². The first-order valence-corrected chi connectivity index (χ1v) is 4.87. The van der Waals surface area contributed by atoms with Gasteiger partial charge in [0.25, 0.3) is 0 Å². The summed E-state index contributed by atoms with van der Waals surface area (Å²) in [5, 5.41) is 2.14. The third-order valence-electron chi connectivity index (χ3n) is 1.92. The fraction of sp³-hybridized carbons (Fsp3) is 0.0909. The molecule has 0 atom stereocenters. The Bertz CT molecular complexity index is 504. The summed E-state index contributed by atoms with van der Waals surface area (Å²) in [5.74, 6) is 5.77. The van der Waals surface area contributed by atoms with Gasteiger partial charge >= 0.3 is 0 Å². The van der Waals surface area contributed by atoms with Crippen LogP contribution in [0.4, 0.5) is 0 Å². The highest BCUT2D eigenvalue weighted by molar-refractivity contribution is 6.42. The van der Waals surface area contributed by atoms with Crippen LogP contribution in [0.15, 0.2) is 18.2 Å². The van der Waals surface area contributed by atoms with Crippen LogP contribution >= 0.6 is 23.2 Å². The third kappa shape index (κ3) is 1.59. The van der Waals surface area contributed by atoms with Gasteiger partial charge in [-0.25, -0.2) is 0 Å². The average Bonchev–Trinajstić information content (AvgIpc) is 2.48. The van der Waals surface area contributed by atoms with Crippen molar-refractivity contribution in [2.45, 2.75) is 6.92 Å². The largest absolute Gasteiger partial charge is 0.348 e. The van der Waals surface area contributed by atoms with Crippen LogP contribution in [-0.2, 0) is 0 Å². The van der Waals surface area contributed by atoms with Crippen molar-refractivity contribution in [1.82, 2.24) is 4.98 Å². The summed E-state index contributed by atoms with van der Waals surface area (Å²) in [7, 11) is 0. The predicted molar refractivity (Wildman–Crippen MR) is 60.9 cm³/mol. The van der Waals surface area contributed by atoms with E-state index in [-0.39, 0.29) is 0 Å². The summed E-state index contributed by atoms with van der Waals surface area (Å²) >= 11 is 11.8. The number of rotatable bonds is 0. The van der Waals surface area contributed by atoms with E-state index in [4.69, 9.17) is 23.2 Å². The normalized spacial score (nSPS) is 9.93. The molecule has 0 aliphatic heterocycles. The lowest BCUT2D eigenvalue weighted by molar-refractivity contribution is 1.42. The minimum Gasteiger partial charge on any atom is -0.348 e. The van der Waals surface area contributed by atoms with E-state index in [0.29, 0.717) is 10.0 Å². The molecule has 14 heavy (non-hydrogen) atoms. The predicted octanol–water partition coefficient (Wildman–Crippen LogP) is 3.85. The van der Waals surface area contributed by atoms with Crippen LogP contribution in [-0.4, -0.2) is 4.98 Å². The molecule has 0 saturated heterocycles. The lowest BCUT2D eigenvalue weighted by atomic mass is 10.2. The Morgan fingerprint density at radius 1 is 1.14 bits per heavy atom. The monoisotopic (exact) mass is 223 g/mol. The van der Waals surface area contributed by atoms with E-state index in [1.54, 1.807) is 13.0 Å². The van der Waals surface area contributed by atoms with E-state index in [2.05, 4.69) is 16.8 Å². The zero-order valence-corrected chi connectivity index (χ0v) is 9.00. The van der Waals surface area contributed by atoms with Crippen LogP contribution in [0.25, 0.3) is 10.9 Å². The highest BCUT2D eigenvalue weighted by Gasteiger charge is 2.03. The second kappa shape index (κ2) is 3.57. The number of nitrogens with one attached hydrogen (secondary N) is 1. The van der Waals surface area contributed by atoms with Gasteiger partial charge in [0.1, 0.15) is 0 Å². The number of aromatic amines is 1. The number of aromatic nitrogens is 1. The Balaban J connectivity index is 2.69. The zero-order chi connectivity index (χ0) is 10.1. The average molecular weight is 224 g/mol. The van der Waals surface area contributed by atoms with Crippen LogP contribution in [0.2, 0.25) is 10.0 Å². The molecule has 3 heteroatoms. The number of hydrogen-bond acceptors (Lipinski definition) is 0. The number of hydrogen-bond donors (Lipinski definition) is 1. The first kappa shape index (κ1) is 9.45. The molecule has 1 nitrogen and oxygen atoms in total. The van der Waals surface area contributed by atoms with Gasteiger partial charge in [0.05, 0.1) is 15.7 Å². The molecule has 1 aromatic heterocycles. The van der Waals surface area contributed by atoms with Crippen LogP contribution in [0, 0.1) is 11.8 Å². The lowest BCUT2D eigenvalue weighted by Gasteiger charge is -1.94. The second-order valence-electron chi connectivity index (χ2n) is 2.91. The van der Waals surface area contributed by atoms with Gasteiger partial charge < -0.3 is 4.98 Å². The molecule has 0 fully saturated rings. The molecule has 1 aromatic carbocycles. The molecule has 0 spiro atoms. The van der Waals surface area contributed by atoms with Crippen molar-refractivity contribution in [3.8, 4) is 11.8 Å². The zero-order valence-electron chi connectivity index (χ0n) is 7.49. The molecule has 0 aliphatic carbocycles. The molecule has 0 bridgehead atoms. The number of halogens is 2. The molecule has 70 valence electrons. The number of fused-ring (bicyclic) bond motifs is 1. The van der Waals surface area contributed by atoms with Gasteiger partial charge in [-0.15, -0.1) is 0 Å². The summed E-state index contributed by atoms with van der Waals surface area (Å²) in [6.07, 6.45) is 0. The SMILES string of the molecule is CC#Cc1cc2cc(Cl)c(Cl)cc2[nH]1. The van der Waals surface area contributed by atoms with E-state index in [1.807, 2.05) is 12.1 Å². The summed E-state index contributed by atoms with van der Waals surface area (Å²) in [6, 6.07) is 5.59. The molecule has 0 saturated carbocycles. The minimum atomic E-state index is 0.553. The maximum Gasteiger partial charge on any atom is 0.0904 e. The molecular formula is C11H7Cl2N. The van der Waals surface area contributed by atoms with Gasteiger partial charge in [0.2, 0.25) is 0 Å². The minimum absolute atomic E-state index is 0.553. The molecule has 1 N–H and O–H groups in total. The second-order valence-corrected chi connectivity index (χ2v) is 3.73. The van der Waals surface area contributed by atoms with E-state index in [1.165, 1.54) is 0 Å². The van der Waals surface area contributed by atoms with Crippen LogP contribution < -0.4 is 0 Å². The van der Waals surface area contributed by atoms with Crippen molar-refractivity contribution in [2.24, 2.45) is 0 Å². The number of H-pyrrole nitrogens is 1. The Kier molecular flexibility index (Phi) is 2.41. The van der Waals surface area contributed by atoms with Gasteiger partial charge in [0, 0.05) is 10.9 Å². The van der Waals surface area contributed by atoms with E-state index >= 15 is 0 Å². The molecule has 2 rings (SSSR count). The molecule has 0 aliphatic rings. The molecule has 0 radical (unpaired) electrons. The third-order valence-corrected chi connectivity index (χ3v) is 2.64. The van der Waals surface area contributed by atoms with Crippen molar-refractivity contribution >= 4 is 34.1 Å². The summed E-state index contributed by atoms with van der Waals surface area (Å²) in [4.78, 5) is 3.15. The fourth-order valence-electron chi connectivity index (χ4n) is 1.33. The van der Waals surface area contributed by atoms with Crippen LogP contribution in [0.5, 0.6) is 0 Å². The Morgan fingerprint density at radius 3 is 2.57 bits per heavy atom. The summed E-state index contributed by atoms with van der Waals surface area (Å²) < 4.78 is 0. The topological polar surface area (TPSA) is 15.8 Å². The quantitative estimate of drug-likeness (QED) is 0.654. The first-order chi connectivity index (χ1) is 6.70.